The van der Waals surface area contributed by atoms with Crippen LogP contribution in [0.5, 0.6) is 0 Å². The maximum absolute atomic E-state index is 6.81. The number of benzene rings is 9. The van der Waals surface area contributed by atoms with E-state index in [1.165, 1.54) is 36.5 Å². The predicted molar refractivity (Wildman–Crippen MR) is 237 cm³/mol. The molecule has 0 unspecified atom stereocenters. The van der Waals surface area contributed by atoms with Gasteiger partial charge in [0.05, 0.1) is 16.1 Å². The first-order valence-corrected chi connectivity index (χ1v) is 19.7. The van der Waals surface area contributed by atoms with Crippen LogP contribution in [-0.4, -0.2) is 0 Å². The van der Waals surface area contributed by atoms with Gasteiger partial charge < -0.3 is 13.7 Å². The van der Waals surface area contributed by atoms with E-state index in [0.29, 0.717) is 0 Å². The fraction of sp³-hybridized carbons (Fsp3) is 0. The Kier molecular flexibility index (Phi) is 6.80. The van der Waals surface area contributed by atoms with E-state index in [9.17, 15) is 0 Å². The topological polar surface area (TPSA) is 29.5 Å². The summed E-state index contributed by atoms with van der Waals surface area (Å²) in [6, 6.07) is 67.2. The van der Waals surface area contributed by atoms with E-state index in [4.69, 9.17) is 8.83 Å². The minimum atomic E-state index is 0.846. The van der Waals surface area contributed by atoms with Crippen LogP contribution in [0.1, 0.15) is 0 Å². The van der Waals surface area contributed by atoms with E-state index in [1.807, 2.05) is 23.5 Å². The molecule has 0 amide bonds. The van der Waals surface area contributed by atoms with Gasteiger partial charge in [0.15, 0.2) is 5.58 Å². The summed E-state index contributed by atoms with van der Waals surface area (Å²) in [5.41, 5.74) is 11.0. The van der Waals surface area contributed by atoms with E-state index in [-0.39, 0.29) is 0 Å². The number of furan rings is 2. The summed E-state index contributed by atoms with van der Waals surface area (Å²) < 4.78 is 16.0. The molecule has 3 aromatic heterocycles. The zero-order valence-corrected chi connectivity index (χ0v) is 30.9. The Bertz CT molecular complexity index is 3500. The van der Waals surface area contributed by atoms with E-state index >= 15 is 0 Å². The Labute approximate surface area is 325 Å². The Balaban J connectivity index is 1.17. The Morgan fingerprint density at radius 3 is 1.82 bits per heavy atom. The molecule has 0 N–H and O–H groups in total. The quantitative estimate of drug-likeness (QED) is 0.176. The van der Waals surface area contributed by atoms with Crippen molar-refractivity contribution in [3.8, 4) is 22.3 Å². The third-order valence-electron chi connectivity index (χ3n) is 11.3. The Morgan fingerprint density at radius 2 is 1.02 bits per heavy atom. The molecule has 12 aromatic rings. The summed E-state index contributed by atoms with van der Waals surface area (Å²) >= 11 is 1.83. The van der Waals surface area contributed by atoms with E-state index in [2.05, 4.69) is 181 Å². The van der Waals surface area contributed by atoms with Crippen LogP contribution in [0.3, 0.4) is 0 Å². The van der Waals surface area contributed by atoms with Gasteiger partial charge in [-0.15, -0.1) is 11.3 Å². The summed E-state index contributed by atoms with van der Waals surface area (Å²) in [4.78, 5) is 2.42. The predicted octanol–water partition coefficient (Wildman–Crippen LogP) is 15.8. The van der Waals surface area contributed by atoms with Crippen LogP contribution in [0.15, 0.2) is 197 Å². The molecule has 0 aliphatic heterocycles. The first kappa shape index (κ1) is 31.2. The summed E-state index contributed by atoms with van der Waals surface area (Å²) in [6.45, 7) is 0. The molecule has 0 spiro atoms. The average Bonchev–Trinajstić information content (AvgIpc) is 3.96. The van der Waals surface area contributed by atoms with Crippen molar-refractivity contribution in [3.05, 3.63) is 188 Å². The van der Waals surface area contributed by atoms with E-state index in [1.54, 1.807) is 0 Å². The van der Waals surface area contributed by atoms with Crippen molar-refractivity contribution in [2.24, 2.45) is 0 Å². The zero-order valence-electron chi connectivity index (χ0n) is 30.1. The van der Waals surface area contributed by atoms with Crippen LogP contribution in [0.4, 0.5) is 17.1 Å². The summed E-state index contributed by atoms with van der Waals surface area (Å²) in [6.07, 6.45) is 0. The molecule has 262 valence electrons. The van der Waals surface area contributed by atoms with Gasteiger partial charge in [-0.2, -0.15) is 0 Å². The Hall–Kier alpha value is -7.14. The van der Waals surface area contributed by atoms with Crippen LogP contribution in [0, 0.1) is 0 Å². The standard InChI is InChI=1S/C52H31NO2S/c1-2-12-34-31-35(24-23-32(34)11-1)33-25-27-36(28-26-33)53(45-19-10-18-42-38-14-4-7-21-47(38)55-51(42)45)49-40(29-30-44-39-15-5-8-22-48(39)56-52(44)49)43-17-9-16-41-37-13-3-6-20-46(37)54-50(41)43/h1-31H. The van der Waals surface area contributed by atoms with Gasteiger partial charge in [-0.25, -0.2) is 0 Å². The maximum atomic E-state index is 6.81. The molecule has 0 saturated carbocycles. The first-order chi connectivity index (χ1) is 27.8. The largest absolute Gasteiger partial charge is 0.455 e. The molecule has 3 heterocycles. The number of anilines is 3. The number of para-hydroxylation sites is 4. The normalized spacial score (nSPS) is 11.9. The molecule has 4 heteroatoms. The minimum Gasteiger partial charge on any atom is -0.455 e. The lowest BCUT2D eigenvalue weighted by atomic mass is 9.97. The lowest BCUT2D eigenvalue weighted by molar-refractivity contribution is 0.669. The second kappa shape index (κ2) is 12.2. The van der Waals surface area contributed by atoms with Gasteiger partial charge in [-0.1, -0.05) is 146 Å². The lowest BCUT2D eigenvalue weighted by Gasteiger charge is -2.29. The van der Waals surface area contributed by atoms with Crippen LogP contribution in [0.2, 0.25) is 0 Å². The maximum Gasteiger partial charge on any atom is 0.159 e. The molecule has 0 aliphatic carbocycles. The highest BCUT2D eigenvalue weighted by molar-refractivity contribution is 7.26. The summed E-state index contributed by atoms with van der Waals surface area (Å²) in [5, 5.41) is 9.33. The van der Waals surface area contributed by atoms with Crippen molar-refractivity contribution < 1.29 is 8.83 Å². The molecule has 0 radical (unpaired) electrons. The summed E-state index contributed by atoms with van der Waals surface area (Å²) in [5.74, 6) is 0. The van der Waals surface area contributed by atoms with Crippen LogP contribution < -0.4 is 4.90 Å². The van der Waals surface area contributed by atoms with Crippen LogP contribution in [0.25, 0.3) is 97.1 Å². The second-order valence-corrected chi connectivity index (χ2v) is 15.5. The molecule has 3 nitrogen and oxygen atoms in total. The van der Waals surface area contributed by atoms with Gasteiger partial charge in [-0.3, -0.25) is 0 Å². The van der Waals surface area contributed by atoms with Crippen LogP contribution >= 0.6 is 11.3 Å². The number of thiophene rings is 1. The minimum absolute atomic E-state index is 0.846. The molecule has 56 heavy (non-hydrogen) atoms. The van der Waals surface area contributed by atoms with Crippen molar-refractivity contribution in [2.75, 3.05) is 4.90 Å². The van der Waals surface area contributed by atoms with Crippen LogP contribution in [-0.2, 0) is 0 Å². The fourth-order valence-electron chi connectivity index (χ4n) is 8.64. The highest BCUT2D eigenvalue weighted by Gasteiger charge is 2.27. The highest BCUT2D eigenvalue weighted by atomic mass is 32.1. The number of rotatable bonds is 5. The Morgan fingerprint density at radius 1 is 0.393 bits per heavy atom. The number of nitrogens with zero attached hydrogens (tertiary/aromatic N) is 1. The van der Waals surface area contributed by atoms with E-state index in [0.717, 1.165) is 77.6 Å². The molecular formula is C52H31NO2S. The van der Waals surface area contributed by atoms with Gasteiger partial charge in [0, 0.05) is 53.8 Å². The SMILES string of the molecule is c1ccc2cc(-c3ccc(N(c4cccc5c4oc4ccccc45)c4c(-c5cccc6c5oc5ccccc56)ccc5c4sc4ccccc45)cc3)ccc2c1. The summed E-state index contributed by atoms with van der Waals surface area (Å²) in [7, 11) is 0. The van der Waals surface area contributed by atoms with Gasteiger partial charge in [0.1, 0.15) is 16.7 Å². The highest BCUT2D eigenvalue weighted by Crippen LogP contribution is 2.52. The molecule has 9 aromatic carbocycles. The zero-order chi connectivity index (χ0) is 36.7. The van der Waals surface area contributed by atoms with Crippen molar-refractivity contribution in [1.82, 2.24) is 0 Å². The third kappa shape index (κ3) is 4.70. The molecule has 0 bridgehead atoms. The third-order valence-corrected chi connectivity index (χ3v) is 12.5. The van der Waals surface area contributed by atoms with Gasteiger partial charge in [0.25, 0.3) is 0 Å². The molecule has 0 fully saturated rings. The van der Waals surface area contributed by atoms with Crippen molar-refractivity contribution >= 4 is 103 Å². The van der Waals surface area contributed by atoms with E-state index < -0.39 is 0 Å². The smallest absolute Gasteiger partial charge is 0.159 e. The molecular weight excluding hydrogens is 703 g/mol. The fourth-order valence-corrected chi connectivity index (χ4v) is 9.88. The van der Waals surface area contributed by atoms with Gasteiger partial charge in [0.2, 0.25) is 0 Å². The van der Waals surface area contributed by atoms with Gasteiger partial charge in [-0.05, 0) is 64.4 Å². The monoisotopic (exact) mass is 733 g/mol. The average molecular weight is 734 g/mol. The number of hydrogen-bond donors (Lipinski definition) is 0. The van der Waals surface area contributed by atoms with Gasteiger partial charge >= 0.3 is 0 Å². The second-order valence-electron chi connectivity index (χ2n) is 14.4. The molecule has 12 rings (SSSR count). The molecule has 0 aliphatic rings. The van der Waals surface area contributed by atoms with Crippen molar-refractivity contribution in [2.45, 2.75) is 0 Å². The molecule has 0 saturated heterocycles. The molecule has 0 atom stereocenters. The number of hydrogen-bond acceptors (Lipinski definition) is 4. The first-order valence-electron chi connectivity index (χ1n) is 18.9. The lowest BCUT2D eigenvalue weighted by Crippen LogP contribution is -2.12. The van der Waals surface area contributed by atoms with Crippen molar-refractivity contribution in [1.29, 1.82) is 0 Å². The van der Waals surface area contributed by atoms with Crippen molar-refractivity contribution in [3.63, 3.8) is 0 Å². The number of fused-ring (bicyclic) bond motifs is 10.